The Labute approximate surface area is 206 Å². The normalized spacial score (nSPS) is 12.9. The number of hydrogen-bond donors (Lipinski definition) is 9. The Morgan fingerprint density at radius 2 is 1.58 bits per heavy atom. The van der Waals surface area contributed by atoms with Crippen molar-refractivity contribution in [1.29, 1.82) is 0 Å². The summed E-state index contributed by atoms with van der Waals surface area (Å²) in [5.41, 5.74) is 16.5. The highest BCUT2D eigenvalue weighted by Gasteiger charge is 2.27. The van der Waals surface area contributed by atoms with Crippen molar-refractivity contribution in [3.63, 3.8) is 0 Å². The summed E-state index contributed by atoms with van der Waals surface area (Å²) in [6, 6.07) is 1.85. The largest absolute Gasteiger partial charge is 0.508 e. The van der Waals surface area contributed by atoms with Crippen molar-refractivity contribution >= 4 is 35.6 Å². The van der Waals surface area contributed by atoms with Gasteiger partial charge in [0.1, 0.15) is 17.8 Å². The van der Waals surface area contributed by atoms with Gasteiger partial charge in [-0.15, -0.1) is 0 Å². The van der Waals surface area contributed by atoms with Gasteiger partial charge >= 0.3 is 11.9 Å². The maximum absolute atomic E-state index is 12.8. The molecule has 3 amide bonds. The molecule has 0 bridgehead atoms. The SMILES string of the molecule is NC(N)=NCCCC(NC(=O)CNC(=O)C(N)CC(=O)O)C(=O)NC(Cc1ccc(O)cc1)C(=O)O. The third-order valence-corrected chi connectivity index (χ3v) is 4.74. The molecule has 0 aliphatic rings. The highest BCUT2D eigenvalue weighted by Crippen LogP contribution is 2.12. The van der Waals surface area contributed by atoms with E-state index >= 15 is 0 Å². The van der Waals surface area contributed by atoms with Crippen LogP contribution in [0.15, 0.2) is 29.3 Å². The first-order valence-electron chi connectivity index (χ1n) is 10.8. The molecule has 1 aromatic carbocycles. The first-order chi connectivity index (χ1) is 16.9. The summed E-state index contributed by atoms with van der Waals surface area (Å²) in [4.78, 5) is 63.1. The molecule has 0 saturated heterocycles. The van der Waals surface area contributed by atoms with E-state index in [1.165, 1.54) is 24.3 Å². The summed E-state index contributed by atoms with van der Waals surface area (Å²) in [5.74, 6) is -5.25. The number of aliphatic imine (C=N–C) groups is 1. The lowest BCUT2D eigenvalue weighted by Crippen LogP contribution is -2.54. The Hall–Kier alpha value is -4.40. The minimum atomic E-state index is -1.37. The molecule has 36 heavy (non-hydrogen) atoms. The molecule has 0 saturated carbocycles. The summed E-state index contributed by atoms with van der Waals surface area (Å²) >= 11 is 0. The smallest absolute Gasteiger partial charge is 0.326 e. The van der Waals surface area contributed by atoms with Crippen LogP contribution in [0.5, 0.6) is 5.75 Å². The van der Waals surface area contributed by atoms with Gasteiger partial charge in [0.15, 0.2) is 5.96 Å². The van der Waals surface area contributed by atoms with E-state index < -0.39 is 60.8 Å². The number of benzene rings is 1. The van der Waals surface area contributed by atoms with Gasteiger partial charge in [0, 0.05) is 13.0 Å². The number of aliphatic carboxylic acids is 2. The maximum atomic E-state index is 12.8. The van der Waals surface area contributed by atoms with Gasteiger partial charge in [0.2, 0.25) is 17.7 Å². The summed E-state index contributed by atoms with van der Waals surface area (Å²) in [7, 11) is 0. The monoisotopic (exact) mass is 509 g/mol. The van der Waals surface area contributed by atoms with Crippen molar-refractivity contribution in [3.8, 4) is 5.75 Å². The Morgan fingerprint density at radius 1 is 0.944 bits per heavy atom. The third-order valence-electron chi connectivity index (χ3n) is 4.74. The van der Waals surface area contributed by atoms with E-state index in [1.807, 2.05) is 0 Å². The number of carboxylic acid groups (broad SMARTS) is 2. The van der Waals surface area contributed by atoms with Gasteiger partial charge in [-0.1, -0.05) is 12.1 Å². The molecule has 0 heterocycles. The molecule has 0 spiro atoms. The fourth-order valence-electron chi connectivity index (χ4n) is 2.94. The van der Waals surface area contributed by atoms with Gasteiger partial charge in [0.25, 0.3) is 0 Å². The standard InChI is InChI=1S/C21H31N7O8/c22-13(9-17(31)32)18(33)26-10-16(30)27-14(2-1-7-25-21(23)24)19(34)28-15(20(35)36)8-11-3-5-12(29)6-4-11/h3-6,13-15,29H,1-2,7-10,22H2,(H,26,33)(H,27,30)(H,28,34)(H,31,32)(H,35,36)(H4,23,24,25). The highest BCUT2D eigenvalue weighted by molar-refractivity contribution is 5.93. The van der Waals surface area contributed by atoms with Gasteiger partial charge in [-0.05, 0) is 30.5 Å². The average Bonchev–Trinajstić information content (AvgIpc) is 2.79. The predicted molar refractivity (Wildman–Crippen MR) is 126 cm³/mol. The molecule has 1 rings (SSSR count). The molecule has 15 heteroatoms. The number of phenolic OH excluding ortho intramolecular Hbond substituents is 1. The zero-order chi connectivity index (χ0) is 27.3. The van der Waals surface area contributed by atoms with Gasteiger partial charge in [-0.25, -0.2) is 4.79 Å². The molecule has 0 aliphatic carbocycles. The number of nitrogens with two attached hydrogens (primary N) is 3. The van der Waals surface area contributed by atoms with Crippen LogP contribution < -0.4 is 33.2 Å². The number of nitrogens with zero attached hydrogens (tertiary/aromatic N) is 1. The summed E-state index contributed by atoms with van der Waals surface area (Å²) in [6.45, 7) is -0.460. The van der Waals surface area contributed by atoms with Crippen LogP contribution in [0.1, 0.15) is 24.8 Å². The van der Waals surface area contributed by atoms with E-state index in [4.69, 9.17) is 22.3 Å². The number of carboxylic acids is 2. The summed E-state index contributed by atoms with van der Waals surface area (Å²) in [6.07, 6.45) is -0.442. The van der Waals surface area contributed by atoms with E-state index in [9.17, 15) is 34.2 Å². The minimum absolute atomic E-state index is 0.00535. The lowest BCUT2D eigenvalue weighted by molar-refractivity contribution is -0.142. The summed E-state index contributed by atoms with van der Waals surface area (Å²) < 4.78 is 0. The number of rotatable bonds is 15. The first-order valence-corrected chi connectivity index (χ1v) is 10.8. The second-order valence-corrected chi connectivity index (χ2v) is 7.76. The molecular weight excluding hydrogens is 478 g/mol. The molecular formula is C21H31N7O8. The van der Waals surface area contributed by atoms with Gasteiger partial charge in [-0.3, -0.25) is 24.2 Å². The van der Waals surface area contributed by atoms with E-state index in [0.29, 0.717) is 5.56 Å². The van der Waals surface area contributed by atoms with Crippen LogP contribution in [0.25, 0.3) is 0 Å². The topological polar surface area (TPSA) is 273 Å². The van der Waals surface area contributed by atoms with E-state index in [0.717, 1.165) is 0 Å². The van der Waals surface area contributed by atoms with Crippen LogP contribution in [0.4, 0.5) is 0 Å². The molecule has 3 unspecified atom stereocenters. The zero-order valence-corrected chi connectivity index (χ0v) is 19.3. The lowest BCUT2D eigenvalue weighted by atomic mass is 10.0. The van der Waals surface area contributed by atoms with Crippen molar-refractivity contribution in [2.75, 3.05) is 13.1 Å². The first kappa shape index (κ1) is 29.6. The molecule has 1 aromatic rings. The Kier molecular flexibility index (Phi) is 12.2. The van der Waals surface area contributed by atoms with Crippen LogP contribution >= 0.6 is 0 Å². The number of aromatic hydroxyl groups is 1. The van der Waals surface area contributed by atoms with Crippen LogP contribution in [-0.2, 0) is 30.4 Å². The number of carbonyl (C=O) groups excluding carboxylic acids is 3. The Morgan fingerprint density at radius 3 is 2.14 bits per heavy atom. The van der Waals surface area contributed by atoms with Crippen molar-refractivity contribution in [2.45, 2.75) is 43.8 Å². The molecule has 12 N–H and O–H groups in total. The molecule has 0 fully saturated rings. The minimum Gasteiger partial charge on any atom is -0.508 e. The van der Waals surface area contributed by atoms with Crippen molar-refractivity contribution in [2.24, 2.45) is 22.2 Å². The molecule has 3 atom stereocenters. The van der Waals surface area contributed by atoms with Crippen LogP contribution in [0.2, 0.25) is 0 Å². The van der Waals surface area contributed by atoms with Crippen molar-refractivity contribution in [1.82, 2.24) is 16.0 Å². The van der Waals surface area contributed by atoms with Crippen LogP contribution in [0.3, 0.4) is 0 Å². The Bertz CT molecular complexity index is 964. The molecule has 198 valence electrons. The number of amides is 3. The van der Waals surface area contributed by atoms with E-state index in [-0.39, 0.29) is 37.5 Å². The molecule has 0 radical (unpaired) electrons. The van der Waals surface area contributed by atoms with Gasteiger partial charge in [0.05, 0.1) is 19.0 Å². The maximum Gasteiger partial charge on any atom is 0.326 e. The van der Waals surface area contributed by atoms with Crippen LogP contribution in [0, 0.1) is 0 Å². The Balaban J connectivity index is 2.84. The second-order valence-electron chi connectivity index (χ2n) is 7.76. The predicted octanol–water partition coefficient (Wildman–Crippen LogP) is -3.04. The quantitative estimate of drug-likeness (QED) is 0.0651. The third kappa shape index (κ3) is 11.6. The van der Waals surface area contributed by atoms with E-state index in [1.54, 1.807) is 0 Å². The fraction of sp³-hybridized carbons (Fsp3) is 0.429. The lowest BCUT2D eigenvalue weighted by Gasteiger charge is -2.22. The fourth-order valence-corrected chi connectivity index (χ4v) is 2.94. The van der Waals surface area contributed by atoms with Crippen molar-refractivity contribution in [3.05, 3.63) is 29.8 Å². The molecule has 0 aromatic heterocycles. The summed E-state index contributed by atoms with van der Waals surface area (Å²) in [5, 5.41) is 34.5. The van der Waals surface area contributed by atoms with Gasteiger partial charge in [-0.2, -0.15) is 0 Å². The zero-order valence-electron chi connectivity index (χ0n) is 19.3. The average molecular weight is 510 g/mol. The van der Waals surface area contributed by atoms with Gasteiger partial charge < -0.3 is 48.5 Å². The van der Waals surface area contributed by atoms with Crippen molar-refractivity contribution < 1.29 is 39.3 Å². The van der Waals surface area contributed by atoms with E-state index in [2.05, 4.69) is 20.9 Å². The number of guanidine groups is 1. The molecule has 0 aliphatic heterocycles. The number of phenols is 1. The van der Waals surface area contributed by atoms with Crippen LogP contribution in [-0.4, -0.2) is 82.2 Å². The molecule has 15 nitrogen and oxygen atoms in total. The highest BCUT2D eigenvalue weighted by atomic mass is 16.4. The number of nitrogens with one attached hydrogen (secondary N) is 3. The number of hydrogen-bond acceptors (Lipinski definition) is 8. The second kappa shape index (κ2) is 14.8. The number of carbonyl (C=O) groups is 5.